The first-order valence-corrected chi connectivity index (χ1v) is 8.47. The molecule has 3 aromatic rings. The van der Waals surface area contributed by atoms with Crippen LogP contribution in [0.3, 0.4) is 0 Å². The number of hydrogen-bond acceptors (Lipinski definition) is 1. The van der Waals surface area contributed by atoms with E-state index in [0.717, 1.165) is 20.9 Å². The summed E-state index contributed by atoms with van der Waals surface area (Å²) in [6.07, 6.45) is 1.88. The Labute approximate surface area is 148 Å². The Hall–Kier alpha value is -2.14. The summed E-state index contributed by atoms with van der Waals surface area (Å²) in [7, 11) is 0. The van der Waals surface area contributed by atoms with E-state index in [1.807, 2.05) is 18.3 Å². The fourth-order valence-corrected chi connectivity index (χ4v) is 3.02. The second-order valence-electron chi connectivity index (χ2n) is 6.47. The summed E-state index contributed by atoms with van der Waals surface area (Å²) in [4.78, 5) is 15.4. The second kappa shape index (κ2) is 6.40. The molecule has 0 aliphatic rings. The number of aromatic nitrogens is 1. The molecule has 0 aliphatic carbocycles. The highest BCUT2D eigenvalue weighted by atomic mass is 79.9. The SMILES string of the molecule is CC(C)(CNC(=O)c1ccc(Br)cc1)c1c[nH]c2cc(F)ccc12. The highest BCUT2D eigenvalue weighted by Crippen LogP contribution is 2.30. The van der Waals surface area contributed by atoms with E-state index in [1.54, 1.807) is 18.2 Å². The predicted molar refractivity (Wildman–Crippen MR) is 97.8 cm³/mol. The molecular weight excluding hydrogens is 371 g/mol. The van der Waals surface area contributed by atoms with Crippen LogP contribution in [0.2, 0.25) is 0 Å². The van der Waals surface area contributed by atoms with Crippen molar-refractivity contribution in [1.29, 1.82) is 0 Å². The van der Waals surface area contributed by atoms with Gasteiger partial charge in [0.2, 0.25) is 0 Å². The van der Waals surface area contributed by atoms with E-state index in [2.05, 4.69) is 40.1 Å². The standard InChI is InChI=1S/C19H18BrFN2O/c1-19(2,11-23-18(24)12-3-5-13(20)6-4-12)16-10-22-17-9-14(21)7-8-15(16)17/h3-10,22H,11H2,1-2H3,(H,23,24). The van der Waals surface area contributed by atoms with Gasteiger partial charge in [-0.3, -0.25) is 4.79 Å². The Balaban J connectivity index is 1.77. The van der Waals surface area contributed by atoms with Gasteiger partial charge in [0, 0.05) is 39.1 Å². The normalized spacial score (nSPS) is 11.7. The van der Waals surface area contributed by atoms with E-state index >= 15 is 0 Å². The number of H-pyrrole nitrogens is 1. The minimum absolute atomic E-state index is 0.110. The molecule has 1 aromatic heterocycles. The smallest absolute Gasteiger partial charge is 0.251 e. The lowest BCUT2D eigenvalue weighted by Crippen LogP contribution is -2.36. The summed E-state index contributed by atoms with van der Waals surface area (Å²) >= 11 is 3.36. The van der Waals surface area contributed by atoms with Crippen molar-refractivity contribution in [3.63, 3.8) is 0 Å². The number of hydrogen-bond donors (Lipinski definition) is 2. The maximum Gasteiger partial charge on any atom is 0.251 e. The molecule has 0 saturated heterocycles. The van der Waals surface area contributed by atoms with E-state index < -0.39 is 0 Å². The molecule has 3 nitrogen and oxygen atoms in total. The van der Waals surface area contributed by atoms with Gasteiger partial charge in [0.05, 0.1) is 0 Å². The van der Waals surface area contributed by atoms with Gasteiger partial charge in [-0.05, 0) is 48.0 Å². The van der Waals surface area contributed by atoms with Crippen molar-refractivity contribution in [2.24, 2.45) is 0 Å². The number of benzene rings is 2. The van der Waals surface area contributed by atoms with Crippen LogP contribution >= 0.6 is 15.9 Å². The zero-order valence-corrected chi connectivity index (χ0v) is 15.1. The molecule has 0 bridgehead atoms. The lowest BCUT2D eigenvalue weighted by atomic mass is 9.84. The molecular formula is C19H18BrFN2O. The Kier molecular flexibility index (Phi) is 4.45. The first-order chi connectivity index (χ1) is 11.4. The van der Waals surface area contributed by atoms with E-state index in [1.165, 1.54) is 12.1 Å². The van der Waals surface area contributed by atoms with Crippen molar-refractivity contribution in [3.05, 3.63) is 70.1 Å². The van der Waals surface area contributed by atoms with Crippen LogP contribution in [0.4, 0.5) is 4.39 Å². The molecule has 5 heteroatoms. The van der Waals surface area contributed by atoms with Crippen LogP contribution in [0.15, 0.2) is 53.1 Å². The van der Waals surface area contributed by atoms with Crippen molar-refractivity contribution < 1.29 is 9.18 Å². The van der Waals surface area contributed by atoms with Gasteiger partial charge >= 0.3 is 0 Å². The van der Waals surface area contributed by atoms with Gasteiger partial charge in [-0.15, -0.1) is 0 Å². The van der Waals surface area contributed by atoms with E-state index in [0.29, 0.717) is 12.1 Å². The molecule has 0 radical (unpaired) electrons. The Bertz CT molecular complexity index is 884. The Morgan fingerprint density at radius 3 is 2.62 bits per heavy atom. The first kappa shape index (κ1) is 16.7. The van der Waals surface area contributed by atoms with Gasteiger partial charge in [0.1, 0.15) is 5.82 Å². The van der Waals surface area contributed by atoms with Crippen LogP contribution in [0.25, 0.3) is 10.9 Å². The molecule has 2 aromatic carbocycles. The number of carbonyl (C=O) groups excluding carboxylic acids is 1. The third kappa shape index (κ3) is 3.36. The topological polar surface area (TPSA) is 44.9 Å². The number of carbonyl (C=O) groups is 1. The third-order valence-corrected chi connectivity index (χ3v) is 4.70. The van der Waals surface area contributed by atoms with Crippen molar-refractivity contribution in [1.82, 2.24) is 10.3 Å². The lowest BCUT2D eigenvalue weighted by Gasteiger charge is -2.25. The zero-order valence-electron chi connectivity index (χ0n) is 13.5. The Morgan fingerprint density at radius 1 is 1.21 bits per heavy atom. The summed E-state index contributed by atoms with van der Waals surface area (Å²) in [5.41, 5.74) is 2.14. The summed E-state index contributed by atoms with van der Waals surface area (Å²) in [5.74, 6) is -0.376. The van der Waals surface area contributed by atoms with Crippen LogP contribution < -0.4 is 5.32 Å². The van der Waals surface area contributed by atoms with Gasteiger partial charge in [0.15, 0.2) is 0 Å². The van der Waals surface area contributed by atoms with Gasteiger partial charge in [-0.25, -0.2) is 4.39 Å². The highest BCUT2D eigenvalue weighted by Gasteiger charge is 2.25. The molecule has 0 atom stereocenters. The van der Waals surface area contributed by atoms with Crippen LogP contribution in [-0.4, -0.2) is 17.4 Å². The predicted octanol–water partition coefficient (Wildman–Crippen LogP) is 4.78. The molecule has 124 valence electrons. The monoisotopic (exact) mass is 388 g/mol. The molecule has 0 unspecified atom stereocenters. The van der Waals surface area contributed by atoms with Crippen molar-refractivity contribution in [2.75, 3.05) is 6.54 Å². The molecule has 24 heavy (non-hydrogen) atoms. The van der Waals surface area contributed by atoms with E-state index in [9.17, 15) is 9.18 Å². The van der Waals surface area contributed by atoms with Crippen LogP contribution in [0.5, 0.6) is 0 Å². The minimum Gasteiger partial charge on any atom is -0.361 e. The third-order valence-electron chi connectivity index (χ3n) is 4.17. The molecule has 0 fully saturated rings. The summed E-state index contributed by atoms with van der Waals surface area (Å²) < 4.78 is 14.3. The Morgan fingerprint density at radius 2 is 1.92 bits per heavy atom. The maximum absolute atomic E-state index is 13.3. The highest BCUT2D eigenvalue weighted by molar-refractivity contribution is 9.10. The largest absolute Gasteiger partial charge is 0.361 e. The van der Waals surface area contributed by atoms with Crippen molar-refractivity contribution in [2.45, 2.75) is 19.3 Å². The molecule has 1 heterocycles. The molecule has 0 spiro atoms. The fourth-order valence-electron chi connectivity index (χ4n) is 2.76. The van der Waals surface area contributed by atoms with Crippen LogP contribution in [-0.2, 0) is 5.41 Å². The van der Waals surface area contributed by atoms with Crippen molar-refractivity contribution >= 4 is 32.7 Å². The number of fused-ring (bicyclic) bond motifs is 1. The van der Waals surface area contributed by atoms with Crippen LogP contribution in [0.1, 0.15) is 29.8 Å². The van der Waals surface area contributed by atoms with Crippen molar-refractivity contribution in [3.8, 4) is 0 Å². The lowest BCUT2D eigenvalue weighted by molar-refractivity contribution is 0.0945. The first-order valence-electron chi connectivity index (χ1n) is 7.68. The number of amides is 1. The summed E-state index contributed by atoms with van der Waals surface area (Å²) in [6, 6.07) is 11.9. The quantitative estimate of drug-likeness (QED) is 0.663. The molecule has 0 saturated carbocycles. The van der Waals surface area contributed by atoms with E-state index in [-0.39, 0.29) is 17.1 Å². The minimum atomic E-state index is -0.291. The second-order valence-corrected chi connectivity index (χ2v) is 7.38. The number of aromatic amines is 1. The number of nitrogens with one attached hydrogen (secondary N) is 2. The van der Waals surface area contributed by atoms with Crippen LogP contribution in [0, 0.1) is 5.82 Å². The number of halogens is 2. The summed E-state index contributed by atoms with van der Waals surface area (Å²) in [6.45, 7) is 4.59. The van der Waals surface area contributed by atoms with Gasteiger partial charge in [0.25, 0.3) is 5.91 Å². The van der Waals surface area contributed by atoms with Gasteiger partial charge in [-0.1, -0.05) is 29.8 Å². The zero-order chi connectivity index (χ0) is 17.3. The fraction of sp³-hybridized carbons (Fsp3) is 0.211. The average molecular weight is 389 g/mol. The molecule has 0 aliphatic heterocycles. The molecule has 1 amide bonds. The van der Waals surface area contributed by atoms with Gasteiger partial charge in [-0.2, -0.15) is 0 Å². The maximum atomic E-state index is 13.3. The number of rotatable bonds is 4. The molecule has 3 rings (SSSR count). The summed E-state index contributed by atoms with van der Waals surface area (Å²) in [5, 5.41) is 3.95. The van der Waals surface area contributed by atoms with E-state index in [4.69, 9.17) is 0 Å². The average Bonchev–Trinajstić information content (AvgIpc) is 2.97. The molecule has 2 N–H and O–H groups in total. The van der Waals surface area contributed by atoms with Gasteiger partial charge < -0.3 is 10.3 Å².